The van der Waals surface area contributed by atoms with Gasteiger partial charge in [0.1, 0.15) is 75.6 Å². The second kappa shape index (κ2) is 32.9. The molecule has 0 amide bonds. The van der Waals surface area contributed by atoms with Crippen LogP contribution in [-0.2, 0) is 5.54 Å². The Bertz CT molecular complexity index is 4980. The maximum absolute atomic E-state index is 14.1. The van der Waals surface area contributed by atoms with Crippen LogP contribution < -0.4 is 65.5 Å². The second-order valence-corrected chi connectivity index (χ2v) is 28.4. The standard InChI is InChI=1S/C19H21F2N7.C19H22FN7.2C18H19ClFN7/c1-2-14(12-6-5-11(20)7-13(12)21)23-16-9-17(26-19(22)25-16)24-18-8-15(27-28-18)10-3-4-10;1-19(2,12-5-7-13(20)8-6-12)25-16-10-15(23-18(21)24-16)22-17-9-14(26-27-17)11-3-4-11;2*1-9(12-5-4-11(19)6-13(12)20)22-15-8-16(25-18(21)24-15)23-17-7-14(26-27-17)10-2-3-10/h5-10,14H,2-4H2,1H3,(H5,22,23,24,25,26,27,28);5-11H,3-4H2,1-2H3,(H5,21,22,23,24,25,26,27);2*4-10H,2-3H2,1H3,(H5,21,22,23,24,25,26,27). The van der Waals surface area contributed by atoms with Gasteiger partial charge >= 0.3 is 0 Å². The summed E-state index contributed by atoms with van der Waals surface area (Å²) >= 11 is 11.6. The highest BCUT2D eigenvalue weighted by molar-refractivity contribution is 6.30. The molecule has 4 aliphatic rings. The van der Waals surface area contributed by atoms with E-state index in [0.717, 1.165) is 34.4 Å². The van der Waals surface area contributed by atoms with E-state index in [2.05, 4.69) is 123 Å². The lowest BCUT2D eigenvalue weighted by molar-refractivity contribution is 0.558. The molecule has 0 saturated heterocycles. The summed E-state index contributed by atoms with van der Waals surface area (Å²) in [4.78, 5) is 33.5. The van der Waals surface area contributed by atoms with E-state index in [9.17, 15) is 22.0 Å². The Morgan fingerprint density at radius 1 is 0.385 bits per heavy atom. The van der Waals surface area contributed by atoms with Crippen molar-refractivity contribution < 1.29 is 22.0 Å². The van der Waals surface area contributed by atoms with Gasteiger partial charge in [0.05, 0.1) is 23.7 Å². The summed E-state index contributed by atoms with van der Waals surface area (Å²) in [6.07, 6.45) is 10.1. The van der Waals surface area contributed by atoms with Gasteiger partial charge in [0.15, 0.2) is 23.3 Å². The van der Waals surface area contributed by atoms with Crippen molar-refractivity contribution in [3.05, 3.63) is 212 Å². The van der Waals surface area contributed by atoms with Gasteiger partial charge in [0.25, 0.3) is 0 Å². The zero-order valence-electron chi connectivity index (χ0n) is 59.9. The van der Waals surface area contributed by atoms with E-state index >= 15 is 0 Å². The number of H-pyrrole nitrogens is 4. The fourth-order valence-electron chi connectivity index (χ4n) is 11.9. The molecule has 0 radical (unpaired) electrons. The van der Waals surface area contributed by atoms with E-state index in [1.54, 1.807) is 60.7 Å². The quantitative estimate of drug-likeness (QED) is 0.0236. The van der Waals surface area contributed by atoms with Crippen LogP contribution in [0.15, 0.2) is 127 Å². The minimum absolute atomic E-state index is 0.0693. The van der Waals surface area contributed by atoms with Crippen LogP contribution in [0.1, 0.15) is 179 Å². The molecule has 3 atom stereocenters. The number of halogens is 7. The van der Waals surface area contributed by atoms with E-state index in [1.165, 1.54) is 87.8 Å². The monoisotopic (exact) mass is 1530 g/mol. The Balaban J connectivity index is 0.000000128. The molecule has 8 aromatic heterocycles. The lowest BCUT2D eigenvalue weighted by Gasteiger charge is -2.27. The maximum atomic E-state index is 14.1. The average Bonchev–Trinajstić information content (AvgIpc) is 1.71. The number of rotatable bonds is 25. The van der Waals surface area contributed by atoms with Crippen LogP contribution in [0.2, 0.25) is 10.0 Å². The SMILES string of the molecule is CC(C)(Nc1cc(Nc2cc(C3CC3)[nH]n2)nc(N)n1)c1ccc(F)cc1.CC(Nc1cc(Nc2cc(C3CC3)[nH]n2)nc(N)n1)c1ccc(Cl)cc1F.CC(Nc1cc(Nc2cc(C3CC3)[nH]n2)nc(N)n1)c1ccc(Cl)cc1F.CCC(Nc1cc(Nc2cc(C3CC3)[nH]n2)nc(N)n1)c1ccc(F)cc1F. The molecule has 0 spiro atoms. The lowest BCUT2D eigenvalue weighted by Crippen LogP contribution is -2.28. The molecule has 28 nitrogen and oxygen atoms in total. The minimum Gasteiger partial charge on any atom is -0.368 e. The third kappa shape index (κ3) is 20.7. The van der Waals surface area contributed by atoms with Gasteiger partial charge in [-0.2, -0.15) is 60.3 Å². The van der Waals surface area contributed by atoms with Crippen molar-refractivity contribution in [1.82, 2.24) is 80.7 Å². The molecule has 20 N–H and O–H groups in total. The first-order valence-corrected chi connectivity index (χ1v) is 36.2. The van der Waals surface area contributed by atoms with Gasteiger partial charge in [-0.25, -0.2) is 22.0 Å². The first-order chi connectivity index (χ1) is 52.3. The molecule has 3 unspecified atom stereocenters. The zero-order valence-corrected chi connectivity index (χ0v) is 61.4. The van der Waals surface area contributed by atoms with Crippen molar-refractivity contribution in [2.45, 2.75) is 140 Å². The lowest BCUT2D eigenvalue weighted by atomic mass is 9.94. The summed E-state index contributed by atoms with van der Waals surface area (Å²) < 4.78 is 68.8. The molecule has 4 aromatic carbocycles. The van der Waals surface area contributed by atoms with E-state index < -0.39 is 23.2 Å². The summed E-state index contributed by atoms with van der Waals surface area (Å²) in [5.74, 6) is 7.13. The van der Waals surface area contributed by atoms with Gasteiger partial charge in [-0.1, -0.05) is 60.5 Å². The molecule has 566 valence electrons. The number of nitrogen functional groups attached to an aromatic ring is 4. The highest BCUT2D eigenvalue weighted by Gasteiger charge is 2.30. The highest BCUT2D eigenvalue weighted by Crippen LogP contribution is 2.43. The number of aromatic amines is 4. The van der Waals surface area contributed by atoms with Crippen LogP contribution >= 0.6 is 23.2 Å². The van der Waals surface area contributed by atoms with Crippen molar-refractivity contribution in [2.24, 2.45) is 0 Å². The van der Waals surface area contributed by atoms with Crippen LogP contribution in [0.3, 0.4) is 0 Å². The Labute approximate surface area is 633 Å². The number of hydrogen-bond acceptors (Lipinski definition) is 24. The zero-order chi connectivity index (χ0) is 76.6. The van der Waals surface area contributed by atoms with E-state index in [4.69, 9.17) is 46.1 Å². The molecule has 0 bridgehead atoms. The van der Waals surface area contributed by atoms with Gasteiger partial charge in [-0.05, 0) is 134 Å². The smallest absolute Gasteiger partial charge is 0.223 e. The van der Waals surface area contributed by atoms with Gasteiger partial charge < -0.3 is 65.5 Å². The molecular weight excluding hydrogens is 1450 g/mol. The normalized spacial score (nSPS) is 14.6. The molecule has 16 rings (SSSR count). The molecular formula is C74H81Cl2F5N28. The Kier molecular flexibility index (Phi) is 22.7. The van der Waals surface area contributed by atoms with Gasteiger partial charge in [0, 0.05) is 128 Å². The van der Waals surface area contributed by atoms with Gasteiger partial charge in [0.2, 0.25) is 23.8 Å². The Hall–Kier alpha value is -12.1. The molecule has 4 fully saturated rings. The van der Waals surface area contributed by atoms with Crippen LogP contribution in [0, 0.1) is 29.1 Å². The van der Waals surface area contributed by atoms with Crippen molar-refractivity contribution in [3.63, 3.8) is 0 Å². The predicted octanol–water partition coefficient (Wildman–Crippen LogP) is 16.9. The third-order valence-electron chi connectivity index (χ3n) is 18.1. The first-order valence-electron chi connectivity index (χ1n) is 35.4. The fraction of sp³-hybridized carbons (Fsp3) is 0.297. The molecule has 0 aliphatic heterocycles. The molecule has 35 heteroatoms. The van der Waals surface area contributed by atoms with Crippen LogP contribution in [0.5, 0.6) is 0 Å². The molecule has 8 heterocycles. The largest absolute Gasteiger partial charge is 0.368 e. The molecule has 109 heavy (non-hydrogen) atoms. The number of hydrogen-bond donors (Lipinski definition) is 16. The van der Waals surface area contributed by atoms with Crippen LogP contribution in [-0.4, -0.2) is 80.7 Å². The average molecular weight is 1530 g/mol. The Morgan fingerprint density at radius 2 is 0.697 bits per heavy atom. The second-order valence-electron chi connectivity index (χ2n) is 27.5. The molecule has 4 saturated carbocycles. The van der Waals surface area contributed by atoms with E-state index in [-0.39, 0.29) is 53.3 Å². The van der Waals surface area contributed by atoms with E-state index in [1.807, 2.05) is 58.9 Å². The number of nitrogens with zero attached hydrogens (tertiary/aromatic N) is 12. The molecule has 4 aliphatic carbocycles. The number of benzene rings is 4. The minimum atomic E-state index is -0.613. The van der Waals surface area contributed by atoms with Gasteiger partial charge in [-0.15, -0.1) is 0 Å². The number of anilines is 16. The van der Waals surface area contributed by atoms with Crippen LogP contribution in [0.25, 0.3) is 0 Å². The predicted molar refractivity (Wildman–Crippen MR) is 414 cm³/mol. The van der Waals surface area contributed by atoms with Crippen LogP contribution in [0.4, 0.5) is 116 Å². The number of nitrogens with two attached hydrogens (primary N) is 4. The van der Waals surface area contributed by atoms with Crippen molar-refractivity contribution in [3.8, 4) is 0 Å². The summed E-state index contributed by atoms with van der Waals surface area (Å²) in [5, 5.41) is 55.0. The summed E-state index contributed by atoms with van der Waals surface area (Å²) in [6, 6.07) is 32.7. The number of aromatic nitrogens is 16. The first kappa shape index (κ1) is 75.1. The van der Waals surface area contributed by atoms with E-state index in [0.29, 0.717) is 127 Å². The fourth-order valence-corrected chi connectivity index (χ4v) is 12.2. The van der Waals surface area contributed by atoms with Crippen molar-refractivity contribution in [2.75, 3.05) is 65.5 Å². The topological polar surface area (TPSA) is 418 Å². The van der Waals surface area contributed by atoms with Gasteiger partial charge in [-0.3, -0.25) is 20.4 Å². The summed E-state index contributed by atoms with van der Waals surface area (Å²) in [6.45, 7) is 9.52. The third-order valence-corrected chi connectivity index (χ3v) is 18.6. The summed E-state index contributed by atoms with van der Waals surface area (Å²) in [5.41, 5.74) is 29.6. The van der Waals surface area contributed by atoms with Crippen molar-refractivity contribution in [1.29, 1.82) is 0 Å². The maximum Gasteiger partial charge on any atom is 0.223 e. The Morgan fingerprint density at radius 3 is 1.04 bits per heavy atom. The van der Waals surface area contributed by atoms with Crippen molar-refractivity contribution >= 4 is 117 Å². The molecule has 12 aromatic rings. The highest BCUT2D eigenvalue weighted by atomic mass is 35.5. The number of nitrogens with one attached hydrogen (secondary N) is 12. The summed E-state index contributed by atoms with van der Waals surface area (Å²) in [7, 11) is 0.